The lowest BCUT2D eigenvalue weighted by molar-refractivity contribution is 0.402. The number of rotatable bonds is 6. The first-order chi connectivity index (χ1) is 12.5. The Morgan fingerprint density at radius 3 is 1.92 bits per heavy atom. The summed E-state index contributed by atoms with van der Waals surface area (Å²) in [6.07, 6.45) is 0. The number of benzene rings is 3. The maximum Gasteiger partial charge on any atom is 0.245 e. The van der Waals surface area contributed by atoms with E-state index in [1.807, 2.05) is 60.7 Å². The molecule has 0 bridgehead atoms. The van der Waals surface area contributed by atoms with Gasteiger partial charge in [0.2, 0.25) is 10.0 Å². The van der Waals surface area contributed by atoms with E-state index in [1.165, 1.54) is 13.2 Å². The Labute approximate surface area is 162 Å². The monoisotopic (exact) mass is 431 g/mol. The average molecular weight is 432 g/mol. The molecule has 3 aromatic carbocycles. The lowest BCUT2D eigenvalue weighted by Crippen LogP contribution is -2.29. The van der Waals surface area contributed by atoms with E-state index in [9.17, 15) is 8.42 Å². The molecule has 134 valence electrons. The van der Waals surface area contributed by atoms with Gasteiger partial charge in [-0.3, -0.25) is 0 Å². The predicted molar refractivity (Wildman–Crippen MR) is 106 cm³/mol. The minimum absolute atomic E-state index is 0.0891. The highest BCUT2D eigenvalue weighted by atomic mass is 79.9. The summed E-state index contributed by atoms with van der Waals surface area (Å²) in [4.78, 5) is 0.0891. The van der Waals surface area contributed by atoms with Gasteiger partial charge < -0.3 is 4.74 Å². The first-order valence-corrected chi connectivity index (χ1v) is 10.2. The molecule has 0 aliphatic carbocycles. The van der Waals surface area contributed by atoms with Crippen LogP contribution in [-0.2, 0) is 10.0 Å². The van der Waals surface area contributed by atoms with Gasteiger partial charge in [0.25, 0.3) is 0 Å². The van der Waals surface area contributed by atoms with Crippen molar-refractivity contribution in [2.75, 3.05) is 7.11 Å². The number of sulfonamides is 1. The van der Waals surface area contributed by atoms with Crippen molar-refractivity contribution in [3.63, 3.8) is 0 Å². The van der Waals surface area contributed by atoms with Crippen LogP contribution >= 0.6 is 15.9 Å². The van der Waals surface area contributed by atoms with Gasteiger partial charge in [-0.05, 0) is 29.3 Å². The van der Waals surface area contributed by atoms with Gasteiger partial charge in [0.05, 0.1) is 13.2 Å². The van der Waals surface area contributed by atoms with Crippen LogP contribution in [0.5, 0.6) is 5.75 Å². The summed E-state index contributed by atoms with van der Waals surface area (Å²) >= 11 is 3.33. The van der Waals surface area contributed by atoms with E-state index in [4.69, 9.17) is 4.74 Å². The molecule has 0 aliphatic rings. The average Bonchev–Trinajstić information content (AvgIpc) is 2.67. The van der Waals surface area contributed by atoms with Crippen molar-refractivity contribution in [1.82, 2.24) is 4.72 Å². The Balaban J connectivity index is 2.06. The van der Waals surface area contributed by atoms with Gasteiger partial charge >= 0.3 is 0 Å². The highest BCUT2D eigenvalue weighted by molar-refractivity contribution is 9.10. The fourth-order valence-corrected chi connectivity index (χ4v) is 4.62. The highest BCUT2D eigenvalue weighted by Crippen LogP contribution is 2.30. The van der Waals surface area contributed by atoms with Gasteiger partial charge in [-0.15, -0.1) is 0 Å². The number of halogens is 1. The van der Waals surface area contributed by atoms with Crippen molar-refractivity contribution in [2.45, 2.75) is 10.9 Å². The third kappa shape index (κ3) is 4.15. The number of methoxy groups -OCH3 is 1. The molecule has 0 fully saturated rings. The van der Waals surface area contributed by atoms with Gasteiger partial charge in [-0.2, -0.15) is 4.72 Å². The second-order valence-electron chi connectivity index (χ2n) is 5.67. The van der Waals surface area contributed by atoms with Crippen LogP contribution < -0.4 is 9.46 Å². The van der Waals surface area contributed by atoms with E-state index >= 15 is 0 Å². The van der Waals surface area contributed by atoms with Crippen LogP contribution in [0.15, 0.2) is 88.2 Å². The minimum atomic E-state index is -3.83. The SMILES string of the molecule is COc1ccc(Br)cc1S(=O)(=O)NC(c1ccccc1)c1ccccc1. The normalized spacial score (nSPS) is 11.5. The summed E-state index contributed by atoms with van der Waals surface area (Å²) in [7, 11) is -2.37. The molecule has 0 atom stereocenters. The minimum Gasteiger partial charge on any atom is -0.495 e. The molecule has 0 heterocycles. The fourth-order valence-electron chi connectivity index (χ4n) is 2.70. The Morgan fingerprint density at radius 2 is 1.42 bits per heavy atom. The van der Waals surface area contributed by atoms with Crippen molar-refractivity contribution in [3.8, 4) is 5.75 Å². The molecular weight excluding hydrogens is 414 g/mol. The lowest BCUT2D eigenvalue weighted by Gasteiger charge is -2.21. The molecule has 6 heteroatoms. The summed E-state index contributed by atoms with van der Waals surface area (Å²) < 4.78 is 34.9. The van der Waals surface area contributed by atoms with Crippen LogP contribution in [0.2, 0.25) is 0 Å². The summed E-state index contributed by atoms with van der Waals surface area (Å²) in [6.45, 7) is 0. The van der Waals surface area contributed by atoms with Crippen LogP contribution in [0, 0.1) is 0 Å². The quantitative estimate of drug-likeness (QED) is 0.623. The maximum absolute atomic E-state index is 13.1. The molecular formula is C20H18BrNO3S. The van der Waals surface area contributed by atoms with Crippen LogP contribution in [0.1, 0.15) is 17.2 Å². The Bertz CT molecular complexity index is 937. The largest absolute Gasteiger partial charge is 0.495 e. The zero-order chi connectivity index (χ0) is 18.6. The molecule has 3 rings (SSSR count). The van der Waals surface area contributed by atoms with Crippen LogP contribution in [0.25, 0.3) is 0 Å². The smallest absolute Gasteiger partial charge is 0.245 e. The number of hydrogen-bond donors (Lipinski definition) is 1. The number of ether oxygens (including phenoxy) is 1. The van der Waals surface area contributed by atoms with E-state index in [2.05, 4.69) is 20.7 Å². The van der Waals surface area contributed by atoms with Crippen molar-refractivity contribution in [1.29, 1.82) is 0 Å². The summed E-state index contributed by atoms with van der Waals surface area (Å²) in [5.74, 6) is 0.292. The molecule has 0 aromatic heterocycles. The topological polar surface area (TPSA) is 55.4 Å². The first kappa shape index (κ1) is 18.6. The van der Waals surface area contributed by atoms with Gasteiger partial charge in [-0.1, -0.05) is 76.6 Å². The molecule has 3 aromatic rings. The number of nitrogens with one attached hydrogen (secondary N) is 1. The first-order valence-electron chi connectivity index (χ1n) is 7.97. The molecule has 4 nitrogen and oxygen atoms in total. The zero-order valence-corrected chi connectivity index (χ0v) is 16.5. The Hall–Kier alpha value is -2.15. The van der Waals surface area contributed by atoms with Crippen molar-refractivity contribution < 1.29 is 13.2 Å². The number of hydrogen-bond acceptors (Lipinski definition) is 3. The molecule has 0 saturated carbocycles. The van der Waals surface area contributed by atoms with Crippen molar-refractivity contribution in [2.24, 2.45) is 0 Å². The predicted octanol–water partition coefficient (Wildman–Crippen LogP) is 4.53. The molecule has 26 heavy (non-hydrogen) atoms. The maximum atomic E-state index is 13.1. The van der Waals surface area contributed by atoms with E-state index in [0.29, 0.717) is 10.2 Å². The highest BCUT2D eigenvalue weighted by Gasteiger charge is 2.25. The van der Waals surface area contributed by atoms with E-state index in [-0.39, 0.29) is 4.90 Å². The van der Waals surface area contributed by atoms with E-state index in [1.54, 1.807) is 12.1 Å². The van der Waals surface area contributed by atoms with Crippen molar-refractivity contribution >= 4 is 26.0 Å². The Kier molecular flexibility index (Phi) is 5.76. The van der Waals surface area contributed by atoms with Gasteiger partial charge in [-0.25, -0.2) is 8.42 Å². The summed E-state index contributed by atoms with van der Waals surface area (Å²) in [6, 6.07) is 23.3. The van der Waals surface area contributed by atoms with Crippen LogP contribution in [0.4, 0.5) is 0 Å². The molecule has 1 N–H and O–H groups in total. The van der Waals surface area contributed by atoms with Crippen LogP contribution in [0.3, 0.4) is 0 Å². The third-order valence-corrected chi connectivity index (χ3v) is 5.89. The summed E-state index contributed by atoms with van der Waals surface area (Å²) in [5.41, 5.74) is 1.72. The van der Waals surface area contributed by atoms with Gasteiger partial charge in [0, 0.05) is 4.47 Å². The second-order valence-corrected chi connectivity index (χ2v) is 8.27. The van der Waals surface area contributed by atoms with E-state index < -0.39 is 16.1 Å². The molecule has 0 aliphatic heterocycles. The molecule has 0 amide bonds. The van der Waals surface area contributed by atoms with Gasteiger partial charge in [0.15, 0.2) is 0 Å². The van der Waals surface area contributed by atoms with Gasteiger partial charge in [0.1, 0.15) is 10.6 Å². The fraction of sp³-hybridized carbons (Fsp3) is 0.100. The molecule has 0 unspecified atom stereocenters. The standard InChI is InChI=1S/C20H18BrNO3S/c1-25-18-13-12-17(21)14-19(18)26(23,24)22-20(15-8-4-2-5-9-15)16-10-6-3-7-11-16/h2-14,20,22H,1H3. The van der Waals surface area contributed by atoms with E-state index in [0.717, 1.165) is 11.1 Å². The molecule has 0 spiro atoms. The van der Waals surface area contributed by atoms with Crippen molar-refractivity contribution in [3.05, 3.63) is 94.5 Å². The van der Waals surface area contributed by atoms with Crippen LogP contribution in [-0.4, -0.2) is 15.5 Å². The zero-order valence-electron chi connectivity index (χ0n) is 14.1. The molecule has 0 saturated heterocycles. The second kappa shape index (κ2) is 8.03. The summed E-state index contributed by atoms with van der Waals surface area (Å²) in [5, 5.41) is 0. The molecule has 0 radical (unpaired) electrons. The third-order valence-electron chi connectivity index (χ3n) is 3.95. The Morgan fingerprint density at radius 1 is 0.885 bits per heavy atom. The lowest BCUT2D eigenvalue weighted by atomic mass is 10.00.